The highest BCUT2D eigenvalue weighted by Crippen LogP contribution is 2.44. The summed E-state index contributed by atoms with van der Waals surface area (Å²) in [5, 5.41) is 33.5. The van der Waals surface area contributed by atoms with Gasteiger partial charge in [-0.25, -0.2) is 0 Å². The van der Waals surface area contributed by atoms with Crippen LogP contribution >= 0.6 is 0 Å². The largest absolute Gasteiger partial charge is 0.462 e. The van der Waals surface area contributed by atoms with Crippen LogP contribution in [0.4, 0.5) is 0 Å². The lowest BCUT2D eigenvalue weighted by molar-refractivity contribution is -0.332. The Morgan fingerprint density at radius 3 is 2.50 bits per heavy atom. The van der Waals surface area contributed by atoms with Crippen LogP contribution in [0.25, 0.3) is 0 Å². The Kier molecular flexibility index (Phi) is 8.75. The van der Waals surface area contributed by atoms with E-state index in [0.29, 0.717) is 36.3 Å². The van der Waals surface area contributed by atoms with Gasteiger partial charge in [0.15, 0.2) is 5.79 Å². The number of carbonyl (C=O) groups is 1. The summed E-state index contributed by atoms with van der Waals surface area (Å²) >= 11 is 0. The zero-order valence-corrected chi connectivity index (χ0v) is 23.7. The first-order valence-corrected chi connectivity index (χ1v) is 14.2. The van der Waals surface area contributed by atoms with E-state index < -0.39 is 41.6 Å². The van der Waals surface area contributed by atoms with Crippen LogP contribution in [0.5, 0.6) is 0 Å². The molecule has 0 radical (unpaired) electrons. The highest BCUT2D eigenvalue weighted by Gasteiger charge is 2.55. The van der Waals surface area contributed by atoms with Crippen LogP contribution in [-0.2, 0) is 19.0 Å². The molecule has 0 aromatic rings. The van der Waals surface area contributed by atoms with Crippen LogP contribution < -0.4 is 0 Å². The molecule has 2 fully saturated rings. The topological polar surface area (TPSA) is 105 Å². The Hall–Kier alpha value is -1.77. The summed E-state index contributed by atoms with van der Waals surface area (Å²) in [6.07, 6.45) is 10.1. The zero-order valence-electron chi connectivity index (χ0n) is 23.7. The molecule has 3 heterocycles. The van der Waals surface area contributed by atoms with E-state index in [1.807, 2.05) is 12.2 Å². The monoisotopic (exact) mass is 530 g/mol. The molecule has 4 rings (SSSR count). The number of rotatable bonds is 0. The summed E-state index contributed by atoms with van der Waals surface area (Å²) in [5.41, 5.74) is 0.0564. The minimum absolute atomic E-state index is 0.0278. The second-order valence-electron chi connectivity index (χ2n) is 12.3. The molecule has 38 heavy (non-hydrogen) atoms. The number of aliphatic hydroxyl groups excluding tert-OH is 2. The lowest BCUT2D eigenvalue weighted by Gasteiger charge is -2.49. The third-order valence-corrected chi connectivity index (χ3v) is 9.08. The number of ether oxygens (including phenoxy) is 3. The predicted octanol–water partition coefficient (Wildman–Crippen LogP) is 4.52. The maximum absolute atomic E-state index is 13.7. The van der Waals surface area contributed by atoms with Crippen molar-refractivity contribution in [3.8, 4) is 0 Å². The van der Waals surface area contributed by atoms with Gasteiger partial charge >= 0.3 is 5.97 Å². The van der Waals surface area contributed by atoms with E-state index in [0.717, 1.165) is 19.3 Å². The van der Waals surface area contributed by atoms with Crippen molar-refractivity contribution in [2.45, 2.75) is 122 Å². The van der Waals surface area contributed by atoms with Crippen molar-refractivity contribution in [1.29, 1.82) is 0 Å². The van der Waals surface area contributed by atoms with Gasteiger partial charge in [0, 0.05) is 19.3 Å². The molecule has 212 valence electrons. The van der Waals surface area contributed by atoms with Gasteiger partial charge in [0.2, 0.25) is 0 Å². The van der Waals surface area contributed by atoms with Gasteiger partial charge in [0.25, 0.3) is 0 Å². The summed E-state index contributed by atoms with van der Waals surface area (Å²) in [4.78, 5) is 13.7. The molecule has 7 nitrogen and oxygen atoms in total. The predicted molar refractivity (Wildman–Crippen MR) is 145 cm³/mol. The molecular weight excluding hydrogens is 484 g/mol. The van der Waals surface area contributed by atoms with Crippen LogP contribution in [0.3, 0.4) is 0 Å². The number of carbonyl (C=O) groups excluding carboxylic acids is 1. The van der Waals surface area contributed by atoms with Crippen molar-refractivity contribution in [3.05, 3.63) is 47.1 Å². The average molecular weight is 531 g/mol. The molecule has 2 bridgehead atoms. The molecule has 0 saturated carbocycles. The molecule has 3 aliphatic heterocycles. The zero-order chi connectivity index (χ0) is 27.8. The van der Waals surface area contributed by atoms with Crippen LogP contribution in [-0.4, -0.2) is 63.2 Å². The maximum Gasteiger partial charge on any atom is 0.316 e. The average Bonchev–Trinajstić information content (AvgIpc) is 2.85. The Morgan fingerprint density at radius 1 is 1.05 bits per heavy atom. The first-order chi connectivity index (χ1) is 17.8. The lowest BCUT2D eigenvalue weighted by atomic mass is 9.69. The van der Waals surface area contributed by atoms with E-state index in [9.17, 15) is 20.1 Å². The molecular formula is C31H46O7. The Labute approximate surface area is 227 Å². The van der Waals surface area contributed by atoms with E-state index in [4.69, 9.17) is 14.2 Å². The Balaban J connectivity index is 1.73. The molecule has 4 aliphatic rings. The van der Waals surface area contributed by atoms with Crippen molar-refractivity contribution in [2.24, 2.45) is 17.8 Å². The minimum Gasteiger partial charge on any atom is -0.462 e. The van der Waals surface area contributed by atoms with Crippen LogP contribution in [0.1, 0.15) is 80.1 Å². The van der Waals surface area contributed by atoms with Crippen molar-refractivity contribution in [2.75, 3.05) is 0 Å². The summed E-state index contributed by atoms with van der Waals surface area (Å²) in [5.74, 6) is -1.94. The van der Waals surface area contributed by atoms with Crippen LogP contribution in [0.2, 0.25) is 0 Å². The van der Waals surface area contributed by atoms with Crippen LogP contribution in [0.15, 0.2) is 47.1 Å². The number of hydrogen-bond acceptors (Lipinski definition) is 7. The van der Waals surface area contributed by atoms with Crippen molar-refractivity contribution in [3.63, 3.8) is 0 Å². The normalized spacial score (nSPS) is 48.6. The van der Waals surface area contributed by atoms with Gasteiger partial charge < -0.3 is 29.5 Å². The quantitative estimate of drug-likeness (QED) is 0.312. The molecule has 7 heteroatoms. The summed E-state index contributed by atoms with van der Waals surface area (Å²) < 4.78 is 19.2. The van der Waals surface area contributed by atoms with E-state index in [1.165, 1.54) is 11.6 Å². The number of esters is 1. The molecule has 10 atom stereocenters. The molecule has 1 spiro atoms. The molecule has 0 aromatic carbocycles. The molecule has 3 N–H and O–H groups in total. The molecule has 0 unspecified atom stereocenters. The molecule has 0 aromatic heterocycles. The van der Waals surface area contributed by atoms with Gasteiger partial charge in [-0.3, -0.25) is 4.79 Å². The first kappa shape index (κ1) is 29.2. The van der Waals surface area contributed by atoms with E-state index in [-0.39, 0.29) is 18.1 Å². The van der Waals surface area contributed by atoms with E-state index in [1.54, 1.807) is 19.9 Å². The molecule has 2 saturated heterocycles. The number of fused-ring (bicyclic) bond motifs is 3. The summed E-state index contributed by atoms with van der Waals surface area (Å²) in [6.45, 7) is 11.8. The van der Waals surface area contributed by atoms with Gasteiger partial charge in [-0.2, -0.15) is 0 Å². The SMILES string of the molecule is CC1=C[C@H]2C(=O)O[C@H]3C[C@@H](C/C=C(\C)C[C@@H](C)/C=C/C=C(\C)[C@]2(O)[C@H](O)[C@@H]1O)O[C@@]1(CC[C@H](C)[C@@H](C)O1)C3. The fraction of sp³-hybridized carbons (Fsp3) is 0.710. The fourth-order valence-corrected chi connectivity index (χ4v) is 6.43. The van der Waals surface area contributed by atoms with Crippen molar-refractivity contribution < 1.29 is 34.3 Å². The fourth-order valence-electron chi connectivity index (χ4n) is 6.43. The van der Waals surface area contributed by atoms with Gasteiger partial charge in [-0.1, -0.05) is 49.8 Å². The van der Waals surface area contributed by atoms with Gasteiger partial charge in [-0.15, -0.1) is 0 Å². The van der Waals surface area contributed by atoms with Crippen LogP contribution in [0, 0.1) is 17.8 Å². The Morgan fingerprint density at radius 2 is 1.79 bits per heavy atom. The summed E-state index contributed by atoms with van der Waals surface area (Å²) in [7, 11) is 0. The lowest BCUT2D eigenvalue weighted by Crippen LogP contribution is -2.60. The smallest absolute Gasteiger partial charge is 0.316 e. The number of allylic oxidation sites excluding steroid dienone is 4. The highest BCUT2D eigenvalue weighted by atomic mass is 16.7. The van der Waals surface area contributed by atoms with Crippen molar-refractivity contribution >= 4 is 5.97 Å². The third kappa shape index (κ3) is 5.87. The second-order valence-corrected chi connectivity index (χ2v) is 12.3. The first-order valence-electron chi connectivity index (χ1n) is 14.2. The van der Waals surface area contributed by atoms with Gasteiger partial charge in [0.05, 0.1) is 12.2 Å². The number of hydrogen-bond donors (Lipinski definition) is 3. The Bertz CT molecular complexity index is 1010. The van der Waals surface area contributed by atoms with Gasteiger partial charge in [0.1, 0.15) is 29.8 Å². The minimum atomic E-state index is -2.01. The number of aliphatic hydroxyl groups is 3. The van der Waals surface area contributed by atoms with E-state index >= 15 is 0 Å². The maximum atomic E-state index is 13.7. The molecule has 0 amide bonds. The third-order valence-electron chi connectivity index (χ3n) is 9.08. The summed E-state index contributed by atoms with van der Waals surface area (Å²) in [6, 6.07) is 0. The van der Waals surface area contributed by atoms with Crippen molar-refractivity contribution in [1.82, 2.24) is 0 Å². The molecule has 1 aliphatic carbocycles. The second kappa shape index (κ2) is 11.4. The van der Waals surface area contributed by atoms with Gasteiger partial charge in [-0.05, 0) is 69.9 Å². The van der Waals surface area contributed by atoms with E-state index in [2.05, 4.69) is 33.8 Å². The highest BCUT2D eigenvalue weighted by molar-refractivity contribution is 5.78. The standard InChI is InChI=1S/C31H46O7/c1-18-8-7-9-22(5)31(35)26(15-21(4)27(32)28(31)33)29(34)36-25-16-24(11-10-19(2)14-18)38-30(17-25)13-12-20(3)23(6)37-30/h7-10,15,18,20,23-28,32-33,35H,11-14,16-17H2,1-6H3/b8-7+,19-10+,22-9+/t18-,20-,23+,24+,25-,26-,27+,28+,30-,31+/m0/s1.